The summed E-state index contributed by atoms with van der Waals surface area (Å²) in [6.45, 7) is 5.64. The van der Waals surface area contributed by atoms with Crippen LogP contribution < -0.4 is 11.1 Å². The number of nitrogens with one attached hydrogen (secondary N) is 1. The second-order valence-corrected chi connectivity index (χ2v) is 5.56. The fraction of sp³-hybridized carbons (Fsp3) is 0.571. The Labute approximate surface area is 120 Å². The van der Waals surface area contributed by atoms with Gasteiger partial charge >= 0.3 is 0 Å². The molecule has 0 amide bonds. The fourth-order valence-electron chi connectivity index (χ4n) is 2.43. The first-order chi connectivity index (χ1) is 9.16. The Kier molecular flexibility index (Phi) is 5.10. The van der Waals surface area contributed by atoms with Gasteiger partial charge in [-0.3, -0.25) is 9.88 Å². The van der Waals surface area contributed by atoms with Crippen LogP contribution in [-0.4, -0.2) is 40.5 Å². The molecule has 2 rings (SSSR count). The summed E-state index contributed by atoms with van der Waals surface area (Å²) in [6, 6.07) is 4.40. The lowest BCUT2D eigenvalue weighted by atomic mass is 10.1. The molecule has 1 aliphatic rings. The molecule has 19 heavy (non-hydrogen) atoms. The molecule has 1 aromatic heterocycles. The van der Waals surface area contributed by atoms with Crippen LogP contribution in [0.3, 0.4) is 0 Å². The molecule has 1 atom stereocenters. The first-order valence-corrected chi connectivity index (χ1v) is 7.31. The third kappa shape index (κ3) is 4.14. The van der Waals surface area contributed by atoms with E-state index in [2.05, 4.69) is 22.1 Å². The molecule has 104 valence electrons. The maximum absolute atomic E-state index is 5.59. The van der Waals surface area contributed by atoms with Gasteiger partial charge in [-0.1, -0.05) is 18.6 Å². The number of anilines is 1. The highest BCUT2D eigenvalue weighted by Crippen LogP contribution is 2.13. The van der Waals surface area contributed by atoms with E-state index in [-0.39, 0.29) is 0 Å². The summed E-state index contributed by atoms with van der Waals surface area (Å²) >= 11 is 4.94. The number of thiocarbonyl (C=S) groups is 1. The van der Waals surface area contributed by atoms with Crippen molar-refractivity contribution in [3.63, 3.8) is 0 Å². The first-order valence-electron chi connectivity index (χ1n) is 6.90. The molecule has 2 heterocycles. The van der Waals surface area contributed by atoms with Crippen molar-refractivity contribution in [1.82, 2.24) is 9.88 Å². The molecule has 0 saturated carbocycles. The molecular weight excluding hydrogens is 256 g/mol. The average molecular weight is 278 g/mol. The molecule has 0 spiro atoms. The molecule has 1 aromatic rings. The summed E-state index contributed by atoms with van der Waals surface area (Å²) in [5.74, 6) is 0. The lowest BCUT2D eigenvalue weighted by Crippen LogP contribution is -2.41. The third-order valence-electron chi connectivity index (χ3n) is 3.63. The van der Waals surface area contributed by atoms with Gasteiger partial charge in [0.15, 0.2) is 0 Å². The van der Waals surface area contributed by atoms with E-state index >= 15 is 0 Å². The van der Waals surface area contributed by atoms with Gasteiger partial charge in [-0.25, -0.2) is 0 Å². The number of pyridine rings is 1. The normalized spacial score (nSPS) is 17.9. The summed E-state index contributed by atoms with van der Waals surface area (Å²) in [7, 11) is 0. The molecule has 3 N–H and O–H groups in total. The maximum atomic E-state index is 5.59. The van der Waals surface area contributed by atoms with Crippen molar-refractivity contribution in [3.05, 3.63) is 24.0 Å². The van der Waals surface area contributed by atoms with Crippen molar-refractivity contribution in [2.75, 3.05) is 25.0 Å². The van der Waals surface area contributed by atoms with E-state index in [1.807, 2.05) is 12.1 Å². The summed E-state index contributed by atoms with van der Waals surface area (Å²) in [6.07, 6.45) is 5.76. The van der Waals surface area contributed by atoms with Crippen LogP contribution >= 0.6 is 12.2 Å². The predicted molar refractivity (Wildman–Crippen MR) is 83.5 cm³/mol. The number of hydrogen-bond acceptors (Lipinski definition) is 4. The van der Waals surface area contributed by atoms with Gasteiger partial charge in [0.25, 0.3) is 0 Å². The van der Waals surface area contributed by atoms with Crippen molar-refractivity contribution < 1.29 is 0 Å². The molecule has 1 saturated heterocycles. The Morgan fingerprint density at radius 3 is 2.89 bits per heavy atom. The van der Waals surface area contributed by atoms with E-state index in [4.69, 9.17) is 18.0 Å². The van der Waals surface area contributed by atoms with Gasteiger partial charge in [0, 0.05) is 24.5 Å². The van der Waals surface area contributed by atoms with Crippen LogP contribution in [-0.2, 0) is 0 Å². The monoisotopic (exact) mass is 278 g/mol. The molecule has 4 nitrogen and oxygen atoms in total. The lowest BCUT2D eigenvalue weighted by Gasteiger charge is -2.32. The van der Waals surface area contributed by atoms with E-state index in [9.17, 15) is 0 Å². The van der Waals surface area contributed by atoms with E-state index < -0.39 is 0 Å². The second-order valence-electron chi connectivity index (χ2n) is 5.12. The molecule has 0 bridgehead atoms. The third-order valence-corrected chi connectivity index (χ3v) is 3.84. The number of hydrogen-bond donors (Lipinski definition) is 2. The van der Waals surface area contributed by atoms with E-state index in [0.29, 0.717) is 16.7 Å². The van der Waals surface area contributed by atoms with Gasteiger partial charge in [-0.2, -0.15) is 0 Å². The largest absolute Gasteiger partial charge is 0.388 e. The zero-order valence-electron chi connectivity index (χ0n) is 11.4. The molecule has 0 radical (unpaired) electrons. The van der Waals surface area contributed by atoms with Crippen LogP contribution in [0.1, 0.15) is 31.9 Å². The SMILES string of the molecule is CC(CNc1ccnc(C(N)=S)c1)N1CCCCC1. The molecular formula is C14H22N4S. The summed E-state index contributed by atoms with van der Waals surface area (Å²) in [4.78, 5) is 7.03. The highest BCUT2D eigenvalue weighted by molar-refractivity contribution is 7.80. The summed E-state index contributed by atoms with van der Waals surface area (Å²) < 4.78 is 0. The number of piperidine rings is 1. The Morgan fingerprint density at radius 2 is 2.21 bits per heavy atom. The van der Waals surface area contributed by atoms with Gasteiger partial charge in [0.2, 0.25) is 0 Å². The summed E-state index contributed by atoms with van der Waals surface area (Å²) in [5, 5.41) is 3.44. The van der Waals surface area contributed by atoms with E-state index in [1.165, 1.54) is 32.4 Å². The van der Waals surface area contributed by atoms with Gasteiger partial charge in [-0.05, 0) is 45.0 Å². The van der Waals surface area contributed by atoms with Crippen LogP contribution in [0.5, 0.6) is 0 Å². The first kappa shape index (κ1) is 14.2. The number of rotatable bonds is 5. The molecule has 1 unspecified atom stereocenters. The van der Waals surface area contributed by atoms with Crippen molar-refractivity contribution >= 4 is 22.9 Å². The highest BCUT2D eigenvalue weighted by atomic mass is 32.1. The van der Waals surface area contributed by atoms with Crippen molar-refractivity contribution in [2.24, 2.45) is 5.73 Å². The Morgan fingerprint density at radius 1 is 1.47 bits per heavy atom. The number of aromatic nitrogens is 1. The van der Waals surface area contributed by atoms with Crippen LogP contribution in [0.2, 0.25) is 0 Å². The minimum absolute atomic E-state index is 0.340. The Bertz CT molecular complexity index is 429. The zero-order valence-corrected chi connectivity index (χ0v) is 12.2. The van der Waals surface area contributed by atoms with Crippen LogP contribution in [0.4, 0.5) is 5.69 Å². The minimum Gasteiger partial charge on any atom is -0.388 e. The predicted octanol–water partition coefficient (Wildman–Crippen LogP) is 2.00. The van der Waals surface area contributed by atoms with E-state index in [0.717, 1.165) is 12.2 Å². The van der Waals surface area contributed by atoms with Crippen molar-refractivity contribution in [3.8, 4) is 0 Å². The van der Waals surface area contributed by atoms with Gasteiger partial charge in [0.05, 0.1) is 5.69 Å². The van der Waals surface area contributed by atoms with Gasteiger partial charge in [-0.15, -0.1) is 0 Å². The maximum Gasteiger partial charge on any atom is 0.122 e. The van der Waals surface area contributed by atoms with Crippen LogP contribution in [0.15, 0.2) is 18.3 Å². The van der Waals surface area contributed by atoms with Gasteiger partial charge < -0.3 is 11.1 Å². The van der Waals surface area contributed by atoms with Crippen LogP contribution in [0, 0.1) is 0 Å². The summed E-state index contributed by atoms with van der Waals surface area (Å²) in [5.41, 5.74) is 7.29. The molecule has 0 aliphatic carbocycles. The minimum atomic E-state index is 0.340. The Balaban J connectivity index is 1.87. The topological polar surface area (TPSA) is 54.2 Å². The lowest BCUT2D eigenvalue weighted by molar-refractivity contribution is 0.180. The number of nitrogens with zero attached hydrogens (tertiary/aromatic N) is 2. The smallest absolute Gasteiger partial charge is 0.122 e. The molecule has 1 aliphatic heterocycles. The van der Waals surface area contributed by atoms with E-state index in [1.54, 1.807) is 6.20 Å². The average Bonchev–Trinajstić information content (AvgIpc) is 2.46. The van der Waals surface area contributed by atoms with Crippen molar-refractivity contribution in [2.45, 2.75) is 32.2 Å². The number of likely N-dealkylation sites (tertiary alicyclic amines) is 1. The molecule has 0 aromatic carbocycles. The van der Waals surface area contributed by atoms with Crippen molar-refractivity contribution in [1.29, 1.82) is 0 Å². The van der Waals surface area contributed by atoms with Crippen LogP contribution in [0.25, 0.3) is 0 Å². The second kappa shape index (κ2) is 6.82. The Hall–Kier alpha value is -1.20. The standard InChI is InChI=1S/C14H22N4S/c1-11(18-7-3-2-4-8-18)10-17-12-5-6-16-13(9-12)14(15)19/h5-6,9,11H,2-4,7-8,10H2,1H3,(H2,15,19)(H,16,17). The zero-order chi connectivity index (χ0) is 13.7. The molecule has 5 heteroatoms. The fourth-order valence-corrected chi connectivity index (χ4v) is 2.54. The highest BCUT2D eigenvalue weighted by Gasteiger charge is 2.16. The van der Waals surface area contributed by atoms with Gasteiger partial charge in [0.1, 0.15) is 4.99 Å². The molecule has 1 fully saturated rings. The number of nitrogens with two attached hydrogens (primary N) is 1. The quantitative estimate of drug-likeness (QED) is 0.807.